The van der Waals surface area contributed by atoms with E-state index in [1.165, 1.54) is 40.6 Å². The fourth-order valence-corrected chi connectivity index (χ4v) is 3.97. The zero-order valence-electron chi connectivity index (χ0n) is 27.0. The van der Waals surface area contributed by atoms with Crippen LogP contribution in [0.25, 0.3) is 12.2 Å². The van der Waals surface area contributed by atoms with Crippen molar-refractivity contribution < 1.29 is 52.2 Å². The maximum absolute atomic E-state index is 12.7. The molecule has 0 saturated carbocycles. The van der Waals surface area contributed by atoms with Crippen LogP contribution in [0.2, 0.25) is 0 Å². The summed E-state index contributed by atoms with van der Waals surface area (Å²) in [5, 5.41) is 0. The SMILES string of the molecule is CCOC(C)OCCOc1c(OC)cc(C=CC(=O)C=Cc2cc(OC)c(OCCOC(C)OCC)c(OC)c2)cc1OC. The predicted molar refractivity (Wildman–Crippen MR) is 167 cm³/mol. The first-order chi connectivity index (χ1) is 21.3. The summed E-state index contributed by atoms with van der Waals surface area (Å²) in [7, 11) is 6.14. The quantitative estimate of drug-likeness (QED) is 0.0938. The summed E-state index contributed by atoms with van der Waals surface area (Å²) >= 11 is 0. The van der Waals surface area contributed by atoms with Gasteiger partial charge in [-0.2, -0.15) is 0 Å². The lowest BCUT2D eigenvalue weighted by atomic mass is 10.1. The molecular weight excluding hydrogens is 572 g/mol. The van der Waals surface area contributed by atoms with Crippen LogP contribution >= 0.6 is 0 Å². The fraction of sp³-hybridized carbons (Fsp3) is 0.485. The third-order valence-corrected chi connectivity index (χ3v) is 6.01. The van der Waals surface area contributed by atoms with Crippen molar-refractivity contribution in [2.75, 3.05) is 68.1 Å². The molecule has 11 nitrogen and oxygen atoms in total. The normalized spacial score (nSPS) is 12.7. The molecule has 0 fully saturated rings. The molecule has 2 atom stereocenters. The minimum atomic E-state index is -0.324. The number of carbonyl (C=O) groups is 1. The number of allylic oxidation sites excluding steroid dienone is 2. The fourth-order valence-electron chi connectivity index (χ4n) is 3.97. The van der Waals surface area contributed by atoms with Crippen LogP contribution < -0.4 is 28.4 Å². The molecule has 244 valence electrons. The topological polar surface area (TPSA) is 109 Å². The van der Waals surface area contributed by atoms with E-state index >= 15 is 0 Å². The van der Waals surface area contributed by atoms with E-state index in [-0.39, 0.29) is 31.6 Å². The zero-order valence-corrected chi connectivity index (χ0v) is 27.0. The summed E-state index contributed by atoms with van der Waals surface area (Å²) in [4.78, 5) is 12.7. The second kappa shape index (κ2) is 20.2. The number of ether oxygens (including phenoxy) is 10. The monoisotopic (exact) mass is 618 g/mol. The Morgan fingerprint density at radius 1 is 0.591 bits per heavy atom. The van der Waals surface area contributed by atoms with Crippen LogP contribution in [-0.2, 0) is 23.7 Å². The summed E-state index contributed by atoms with van der Waals surface area (Å²) in [5.74, 6) is 2.48. The van der Waals surface area contributed by atoms with Crippen LogP contribution in [0.15, 0.2) is 36.4 Å². The number of hydrogen-bond acceptors (Lipinski definition) is 11. The highest BCUT2D eigenvalue weighted by atomic mass is 16.7. The first-order valence-electron chi connectivity index (χ1n) is 14.4. The summed E-state index contributed by atoms with van der Waals surface area (Å²) in [6, 6.07) is 7.02. The maximum Gasteiger partial charge on any atom is 0.203 e. The molecule has 2 rings (SSSR count). The number of hydrogen-bond donors (Lipinski definition) is 0. The minimum absolute atomic E-state index is 0.234. The van der Waals surface area contributed by atoms with Crippen LogP contribution in [0.4, 0.5) is 0 Å². The summed E-state index contributed by atoms with van der Waals surface area (Å²) in [6.45, 7) is 9.78. The molecular formula is C33H46O11. The van der Waals surface area contributed by atoms with Crippen molar-refractivity contribution in [2.24, 2.45) is 0 Å². The first-order valence-corrected chi connectivity index (χ1v) is 14.4. The number of ketones is 1. The Bertz CT molecular complexity index is 1070. The van der Waals surface area contributed by atoms with Gasteiger partial charge in [-0.1, -0.05) is 12.2 Å². The van der Waals surface area contributed by atoms with Gasteiger partial charge in [0.25, 0.3) is 0 Å². The van der Waals surface area contributed by atoms with Crippen LogP contribution in [0.5, 0.6) is 34.5 Å². The molecule has 2 unspecified atom stereocenters. The second-order valence-corrected chi connectivity index (χ2v) is 9.06. The molecule has 0 radical (unpaired) electrons. The molecule has 0 aliphatic heterocycles. The van der Waals surface area contributed by atoms with Crippen molar-refractivity contribution in [3.8, 4) is 34.5 Å². The van der Waals surface area contributed by atoms with E-state index in [0.29, 0.717) is 72.1 Å². The molecule has 0 aromatic heterocycles. The molecule has 2 aromatic carbocycles. The Morgan fingerprint density at radius 2 is 0.932 bits per heavy atom. The standard InChI is InChI=1S/C33H46O11/c1-9-39-23(3)41-15-17-43-32-28(35-5)19-25(20-29(32)36-6)11-13-27(34)14-12-26-21-30(37-7)33(31(22-26)38-8)44-18-16-42-24(4)40-10-2/h11-14,19-24H,9-10,15-18H2,1-8H3. The van der Waals surface area contributed by atoms with Crippen molar-refractivity contribution in [1.29, 1.82) is 0 Å². The molecule has 0 aliphatic rings. The maximum atomic E-state index is 12.7. The molecule has 11 heteroatoms. The first kappa shape index (κ1) is 36.4. The van der Waals surface area contributed by atoms with Crippen molar-refractivity contribution in [1.82, 2.24) is 0 Å². The van der Waals surface area contributed by atoms with Gasteiger partial charge in [0.15, 0.2) is 41.4 Å². The highest BCUT2D eigenvalue weighted by molar-refractivity contribution is 6.04. The summed E-state index contributed by atoms with van der Waals surface area (Å²) in [5.41, 5.74) is 1.39. The highest BCUT2D eigenvalue weighted by Crippen LogP contribution is 2.40. The van der Waals surface area contributed by atoms with E-state index in [2.05, 4.69) is 0 Å². The molecule has 2 aromatic rings. The summed E-state index contributed by atoms with van der Waals surface area (Å²) < 4.78 is 55.6. The van der Waals surface area contributed by atoms with E-state index in [1.807, 2.05) is 27.7 Å². The minimum Gasteiger partial charge on any atom is -0.493 e. The number of carbonyl (C=O) groups excluding carboxylic acids is 1. The Balaban J connectivity index is 2.08. The largest absolute Gasteiger partial charge is 0.493 e. The smallest absolute Gasteiger partial charge is 0.203 e. The van der Waals surface area contributed by atoms with E-state index in [9.17, 15) is 4.79 Å². The number of rotatable bonds is 22. The third-order valence-electron chi connectivity index (χ3n) is 6.01. The van der Waals surface area contributed by atoms with Gasteiger partial charge >= 0.3 is 0 Å². The molecule has 0 spiro atoms. The zero-order chi connectivity index (χ0) is 32.3. The molecule has 0 heterocycles. The van der Waals surface area contributed by atoms with E-state index in [0.717, 1.165) is 0 Å². The van der Waals surface area contributed by atoms with Gasteiger partial charge in [0.2, 0.25) is 11.5 Å². The van der Waals surface area contributed by atoms with Gasteiger partial charge in [0.1, 0.15) is 13.2 Å². The molecule has 0 saturated heterocycles. The molecule has 0 bridgehead atoms. The molecule has 0 aliphatic carbocycles. The van der Waals surface area contributed by atoms with Gasteiger partial charge in [-0.25, -0.2) is 0 Å². The summed E-state index contributed by atoms with van der Waals surface area (Å²) in [6.07, 6.45) is 5.58. The van der Waals surface area contributed by atoms with E-state index in [4.69, 9.17) is 47.4 Å². The van der Waals surface area contributed by atoms with E-state index < -0.39 is 0 Å². The highest BCUT2D eigenvalue weighted by Gasteiger charge is 2.15. The predicted octanol–water partition coefficient (Wildman–Crippen LogP) is 5.57. The van der Waals surface area contributed by atoms with Crippen LogP contribution in [0.1, 0.15) is 38.8 Å². The number of methoxy groups -OCH3 is 4. The van der Waals surface area contributed by atoms with Crippen LogP contribution in [-0.4, -0.2) is 86.4 Å². The number of benzene rings is 2. The third kappa shape index (κ3) is 12.1. The van der Waals surface area contributed by atoms with Gasteiger partial charge in [-0.15, -0.1) is 0 Å². The van der Waals surface area contributed by atoms with Crippen molar-refractivity contribution >= 4 is 17.9 Å². The lowest BCUT2D eigenvalue weighted by Crippen LogP contribution is -2.17. The lowest BCUT2D eigenvalue weighted by molar-refractivity contribution is -0.131. The Morgan fingerprint density at radius 3 is 1.23 bits per heavy atom. The van der Waals surface area contributed by atoms with Crippen LogP contribution in [0, 0.1) is 0 Å². The van der Waals surface area contributed by atoms with Gasteiger partial charge < -0.3 is 47.4 Å². The van der Waals surface area contributed by atoms with E-state index in [1.54, 1.807) is 36.4 Å². The Labute approximate surface area is 260 Å². The molecule has 0 amide bonds. The van der Waals surface area contributed by atoms with Crippen molar-refractivity contribution in [3.63, 3.8) is 0 Å². The average Bonchev–Trinajstić information content (AvgIpc) is 3.03. The van der Waals surface area contributed by atoms with Gasteiger partial charge in [-0.05, 0) is 75.2 Å². The average molecular weight is 619 g/mol. The lowest BCUT2D eigenvalue weighted by Gasteiger charge is -2.17. The van der Waals surface area contributed by atoms with Crippen LogP contribution in [0.3, 0.4) is 0 Å². The second-order valence-electron chi connectivity index (χ2n) is 9.06. The Kier molecular flexibility index (Phi) is 16.8. The van der Waals surface area contributed by atoms with Crippen molar-refractivity contribution in [2.45, 2.75) is 40.3 Å². The van der Waals surface area contributed by atoms with Gasteiger partial charge in [0, 0.05) is 13.2 Å². The molecule has 44 heavy (non-hydrogen) atoms. The van der Waals surface area contributed by atoms with Gasteiger partial charge in [0.05, 0.1) is 41.7 Å². The Hall–Kier alpha value is -3.77. The van der Waals surface area contributed by atoms with Gasteiger partial charge in [-0.3, -0.25) is 4.79 Å². The molecule has 0 N–H and O–H groups in total. The van der Waals surface area contributed by atoms with Crippen molar-refractivity contribution in [3.05, 3.63) is 47.5 Å².